The van der Waals surface area contributed by atoms with E-state index in [1.54, 1.807) is 12.1 Å². The summed E-state index contributed by atoms with van der Waals surface area (Å²) >= 11 is 0. The summed E-state index contributed by atoms with van der Waals surface area (Å²) in [6.07, 6.45) is 5.82. The van der Waals surface area contributed by atoms with Gasteiger partial charge in [0.05, 0.1) is 17.5 Å². The fourth-order valence-electron chi connectivity index (χ4n) is 8.19. The van der Waals surface area contributed by atoms with E-state index < -0.39 is 0 Å². The lowest BCUT2D eigenvalue weighted by Gasteiger charge is -2.37. The number of amides is 2. The zero-order valence-corrected chi connectivity index (χ0v) is 22.4. The van der Waals surface area contributed by atoms with Crippen LogP contribution >= 0.6 is 0 Å². The molecule has 7 atom stereocenters. The Morgan fingerprint density at radius 1 is 0.921 bits per heavy atom. The van der Waals surface area contributed by atoms with Gasteiger partial charge in [-0.2, -0.15) is 0 Å². The number of carbonyl (C=O) groups excluding carboxylic acids is 3. The van der Waals surface area contributed by atoms with Crippen molar-refractivity contribution in [2.24, 2.45) is 41.4 Å². The lowest BCUT2D eigenvalue weighted by molar-refractivity contribution is -0.166. The van der Waals surface area contributed by atoms with Gasteiger partial charge in [0, 0.05) is 5.92 Å². The van der Waals surface area contributed by atoms with E-state index >= 15 is 0 Å². The van der Waals surface area contributed by atoms with Gasteiger partial charge in [-0.05, 0) is 105 Å². The second kappa shape index (κ2) is 9.25. The predicted molar refractivity (Wildman–Crippen MR) is 144 cm³/mol. The van der Waals surface area contributed by atoms with Crippen molar-refractivity contribution < 1.29 is 24.2 Å². The number of hydrogen-bond acceptors (Lipinski definition) is 5. The fraction of sp³-hybridized carbons (Fsp3) is 0.531. The first-order chi connectivity index (χ1) is 18.2. The summed E-state index contributed by atoms with van der Waals surface area (Å²) in [6.45, 7) is 6.13. The van der Waals surface area contributed by atoms with Crippen LogP contribution in [0.2, 0.25) is 0 Å². The molecule has 4 aliphatic rings. The Morgan fingerprint density at radius 2 is 1.53 bits per heavy atom. The van der Waals surface area contributed by atoms with Gasteiger partial charge in [-0.15, -0.1) is 0 Å². The second-order valence-corrected chi connectivity index (χ2v) is 12.4. The van der Waals surface area contributed by atoms with Gasteiger partial charge in [-0.3, -0.25) is 19.3 Å². The number of esters is 1. The molecule has 3 aliphatic carbocycles. The van der Waals surface area contributed by atoms with Gasteiger partial charge in [-0.1, -0.05) is 38.1 Å². The summed E-state index contributed by atoms with van der Waals surface area (Å²) in [5.74, 6) is -0.121. The van der Waals surface area contributed by atoms with Crippen LogP contribution in [-0.2, 0) is 19.1 Å². The molecule has 1 heterocycles. The van der Waals surface area contributed by atoms with Gasteiger partial charge in [-0.25, -0.2) is 0 Å². The van der Waals surface area contributed by atoms with Gasteiger partial charge in [0.15, 0.2) is 0 Å². The second-order valence-electron chi connectivity index (χ2n) is 12.4. The lowest BCUT2D eigenvalue weighted by atomic mass is 9.67. The van der Waals surface area contributed by atoms with Crippen molar-refractivity contribution >= 4 is 23.5 Å². The highest BCUT2D eigenvalue weighted by atomic mass is 16.6. The quantitative estimate of drug-likeness (QED) is 0.392. The third kappa shape index (κ3) is 4.04. The molecule has 0 radical (unpaired) electrons. The maximum Gasteiger partial charge on any atom is 0.309 e. The van der Waals surface area contributed by atoms with E-state index in [1.807, 2.05) is 43.3 Å². The molecule has 2 aromatic rings. The normalized spacial score (nSPS) is 33.8. The van der Waals surface area contributed by atoms with E-state index in [0.717, 1.165) is 49.7 Å². The average Bonchev–Trinajstić information content (AvgIpc) is 3.64. The summed E-state index contributed by atoms with van der Waals surface area (Å²) in [5, 5.41) is 9.55. The Morgan fingerprint density at radius 3 is 2.13 bits per heavy atom. The number of carbonyl (C=O) groups is 3. The predicted octanol–water partition coefficient (Wildman–Crippen LogP) is 5.97. The summed E-state index contributed by atoms with van der Waals surface area (Å²) in [6, 6.07) is 14.4. The van der Waals surface area contributed by atoms with Gasteiger partial charge in [0.2, 0.25) is 11.8 Å². The van der Waals surface area contributed by atoms with Gasteiger partial charge < -0.3 is 9.84 Å². The summed E-state index contributed by atoms with van der Waals surface area (Å²) < 4.78 is 6.05. The van der Waals surface area contributed by atoms with Crippen LogP contribution in [0, 0.1) is 41.4 Å². The summed E-state index contributed by atoms with van der Waals surface area (Å²) in [5.41, 5.74) is 2.18. The number of phenolic OH excluding ortho intramolecular Hbond substituents is 1. The molecule has 38 heavy (non-hydrogen) atoms. The van der Waals surface area contributed by atoms with E-state index in [1.165, 1.54) is 4.90 Å². The van der Waals surface area contributed by atoms with E-state index in [4.69, 9.17) is 4.74 Å². The molecule has 1 aliphatic heterocycles. The van der Waals surface area contributed by atoms with E-state index in [9.17, 15) is 19.5 Å². The minimum absolute atomic E-state index is 0.0515. The van der Waals surface area contributed by atoms with Crippen LogP contribution < -0.4 is 4.90 Å². The number of phenols is 1. The first kappa shape index (κ1) is 25.1. The van der Waals surface area contributed by atoms with E-state index in [0.29, 0.717) is 5.69 Å². The monoisotopic (exact) mass is 515 g/mol. The minimum atomic E-state index is -0.381. The molecule has 2 amide bonds. The van der Waals surface area contributed by atoms with Crippen molar-refractivity contribution in [2.45, 2.75) is 64.9 Å². The smallest absolute Gasteiger partial charge is 0.309 e. The van der Waals surface area contributed by atoms with Crippen molar-refractivity contribution in [3.63, 3.8) is 0 Å². The number of nitrogens with zero attached hydrogens (tertiary/aromatic N) is 1. The molecule has 3 saturated carbocycles. The highest BCUT2D eigenvalue weighted by molar-refractivity contribution is 6.22. The summed E-state index contributed by atoms with van der Waals surface area (Å²) in [7, 11) is 0. The number of benzene rings is 2. The molecule has 200 valence electrons. The van der Waals surface area contributed by atoms with Crippen molar-refractivity contribution in [3.8, 4) is 16.9 Å². The number of aromatic hydroxyl groups is 1. The van der Waals surface area contributed by atoms with Gasteiger partial charge in [0.1, 0.15) is 11.4 Å². The molecule has 6 nitrogen and oxygen atoms in total. The van der Waals surface area contributed by atoms with Gasteiger partial charge in [0.25, 0.3) is 0 Å². The van der Waals surface area contributed by atoms with Crippen LogP contribution in [0.1, 0.15) is 59.3 Å². The van der Waals surface area contributed by atoms with Crippen molar-refractivity contribution in [1.29, 1.82) is 0 Å². The van der Waals surface area contributed by atoms with Gasteiger partial charge >= 0.3 is 5.97 Å². The first-order valence-corrected chi connectivity index (χ1v) is 14.2. The minimum Gasteiger partial charge on any atom is -0.508 e. The Kier molecular flexibility index (Phi) is 6.12. The molecule has 1 saturated heterocycles. The Hall–Kier alpha value is -3.15. The highest BCUT2D eigenvalue weighted by Crippen LogP contribution is 2.60. The number of rotatable bonds is 5. The number of hydrogen-bond donors (Lipinski definition) is 1. The first-order valence-electron chi connectivity index (χ1n) is 14.2. The zero-order chi connectivity index (χ0) is 26.8. The highest BCUT2D eigenvalue weighted by Gasteiger charge is 2.61. The molecule has 1 N–H and O–H groups in total. The molecule has 0 spiro atoms. The molecule has 6 heteroatoms. The third-order valence-corrected chi connectivity index (χ3v) is 10.2. The topological polar surface area (TPSA) is 83.9 Å². The molecule has 6 rings (SSSR count). The molecule has 2 bridgehead atoms. The van der Waals surface area contributed by atoms with Crippen LogP contribution in [0.3, 0.4) is 0 Å². The van der Waals surface area contributed by atoms with Crippen molar-refractivity contribution in [1.82, 2.24) is 0 Å². The van der Waals surface area contributed by atoms with E-state index in [2.05, 4.69) is 13.8 Å². The molecule has 4 fully saturated rings. The van der Waals surface area contributed by atoms with E-state index in [-0.39, 0.29) is 70.6 Å². The van der Waals surface area contributed by atoms with Crippen LogP contribution in [0.5, 0.6) is 5.75 Å². The third-order valence-electron chi connectivity index (χ3n) is 10.2. The maximum atomic E-state index is 13.8. The van der Waals surface area contributed by atoms with Crippen LogP contribution in [0.4, 0.5) is 5.69 Å². The largest absolute Gasteiger partial charge is 0.508 e. The fourth-order valence-corrected chi connectivity index (χ4v) is 8.19. The number of anilines is 1. The number of fused-ring (bicyclic) bond motifs is 2. The average molecular weight is 516 g/mol. The Bertz CT molecular complexity index is 1240. The van der Waals surface area contributed by atoms with Crippen LogP contribution in [-0.4, -0.2) is 28.5 Å². The zero-order valence-electron chi connectivity index (χ0n) is 22.4. The SMILES string of the molecule is CC1C(=O)N(c2ccc(-c3ccc(O)cc3)cc2)C(=O)C1C1C2CC(C(=O)OC3(C)CCCC3)C(C2)C1C. The molecule has 7 unspecified atom stereocenters. The van der Waals surface area contributed by atoms with Crippen LogP contribution in [0.25, 0.3) is 11.1 Å². The van der Waals surface area contributed by atoms with Crippen molar-refractivity contribution in [2.75, 3.05) is 4.90 Å². The molecule has 0 aromatic heterocycles. The standard InChI is InChI=1S/C32H37NO5/c1-18-25-16-22(17-26(25)31(37)38-32(3)14-4-5-15-32)27(18)28-19(2)29(35)33(30(28)36)23-10-6-20(7-11-23)21-8-12-24(34)13-9-21/h6-13,18-19,22,25-28,34H,4-5,14-17H2,1-3H3. The number of imide groups is 1. The maximum absolute atomic E-state index is 13.8. The van der Waals surface area contributed by atoms with Crippen molar-refractivity contribution in [3.05, 3.63) is 48.5 Å². The lowest BCUT2D eigenvalue weighted by Crippen LogP contribution is -2.41. The number of ether oxygens (including phenoxy) is 1. The molecular weight excluding hydrogens is 478 g/mol. The Balaban J connectivity index is 1.17. The molecule has 2 aromatic carbocycles. The summed E-state index contributed by atoms with van der Waals surface area (Å²) in [4.78, 5) is 41.7. The Labute approximate surface area is 224 Å². The molecular formula is C32H37NO5. The van der Waals surface area contributed by atoms with Crippen LogP contribution in [0.15, 0.2) is 48.5 Å².